The first-order valence-electron chi connectivity index (χ1n) is 8.28. The van der Waals surface area contributed by atoms with Gasteiger partial charge in [-0.2, -0.15) is 0 Å². The van der Waals surface area contributed by atoms with Crippen molar-refractivity contribution >= 4 is 30.9 Å². The molecule has 0 spiro atoms. The summed E-state index contributed by atoms with van der Waals surface area (Å²) in [6, 6.07) is 10.9. The van der Waals surface area contributed by atoms with Crippen LogP contribution in [-0.2, 0) is 9.09 Å². The second kappa shape index (κ2) is 10.1. The molecule has 3 N–H and O–H groups in total. The zero-order valence-electron chi connectivity index (χ0n) is 13.7. The van der Waals surface area contributed by atoms with E-state index >= 15 is 0 Å². The molecule has 1 aliphatic carbocycles. The fourth-order valence-corrected chi connectivity index (χ4v) is 5.22. The Bertz CT molecular complexity index is 519. The van der Waals surface area contributed by atoms with Gasteiger partial charge in [0.15, 0.2) is 0 Å². The Morgan fingerprint density at radius 2 is 1.88 bits per heavy atom. The van der Waals surface area contributed by atoms with Crippen LogP contribution < -0.4 is 10.8 Å². The summed E-state index contributed by atoms with van der Waals surface area (Å²) >= 11 is 11.2. The lowest BCUT2D eigenvalue weighted by Gasteiger charge is -2.33. The van der Waals surface area contributed by atoms with E-state index in [1.54, 1.807) is 4.67 Å². The van der Waals surface area contributed by atoms with Gasteiger partial charge in [-0.25, -0.2) is 9.76 Å². The zero-order valence-corrected chi connectivity index (χ0v) is 16.1. The summed E-state index contributed by atoms with van der Waals surface area (Å²) < 4.78 is 19.2. The number of nitrogens with one attached hydrogen (secondary N) is 1. The van der Waals surface area contributed by atoms with Gasteiger partial charge in [-0.15, -0.1) is 23.2 Å². The van der Waals surface area contributed by atoms with E-state index in [4.69, 9.17) is 33.5 Å². The average Bonchev–Trinajstić information content (AvgIpc) is 3.34. The molecule has 24 heavy (non-hydrogen) atoms. The summed E-state index contributed by atoms with van der Waals surface area (Å²) in [5.74, 6) is 1.50. The Kier molecular flexibility index (Phi) is 8.52. The molecule has 136 valence electrons. The monoisotopic (exact) mass is 393 g/mol. The van der Waals surface area contributed by atoms with Crippen LogP contribution in [0.1, 0.15) is 24.3 Å². The van der Waals surface area contributed by atoms with Gasteiger partial charge in [0.2, 0.25) is 0 Å². The normalized spacial score (nSPS) is 29.0. The van der Waals surface area contributed by atoms with E-state index in [2.05, 4.69) is 29.4 Å². The molecule has 1 heterocycles. The first kappa shape index (κ1) is 20.2. The van der Waals surface area contributed by atoms with Crippen molar-refractivity contribution in [2.24, 2.45) is 5.73 Å². The number of nitrogens with two attached hydrogens (primary N) is 1. The van der Waals surface area contributed by atoms with E-state index in [0.717, 1.165) is 13.0 Å². The molecular weight excluding hydrogens is 368 g/mol. The molecule has 2 fully saturated rings. The molecule has 1 aliphatic heterocycles. The largest absolute Gasteiger partial charge is 0.343 e. The second-order valence-electron chi connectivity index (χ2n) is 5.86. The lowest BCUT2D eigenvalue weighted by molar-refractivity contribution is 0.233. The lowest BCUT2D eigenvalue weighted by atomic mass is 10.1. The molecule has 0 amide bonds. The summed E-state index contributed by atoms with van der Waals surface area (Å²) in [7, 11) is -2.84. The van der Waals surface area contributed by atoms with E-state index in [9.17, 15) is 4.57 Å². The van der Waals surface area contributed by atoms with Crippen LogP contribution in [0.25, 0.3) is 0 Å². The van der Waals surface area contributed by atoms with Crippen LogP contribution in [0.4, 0.5) is 0 Å². The molecule has 1 aromatic rings. The Morgan fingerprint density at radius 1 is 1.25 bits per heavy atom. The van der Waals surface area contributed by atoms with Gasteiger partial charge in [0, 0.05) is 43.4 Å². The average molecular weight is 394 g/mol. The summed E-state index contributed by atoms with van der Waals surface area (Å²) in [5, 5.41) is 2.91. The molecule has 0 radical (unpaired) electrons. The summed E-state index contributed by atoms with van der Waals surface area (Å²) in [6.07, 6.45) is 2.06. The first-order chi connectivity index (χ1) is 11.6. The predicted molar refractivity (Wildman–Crippen MR) is 101 cm³/mol. The molecule has 3 atom stereocenters. The number of halogens is 2. The van der Waals surface area contributed by atoms with Crippen LogP contribution in [0.2, 0.25) is 0 Å². The Labute approximate surface area is 154 Å². The van der Waals surface area contributed by atoms with Crippen LogP contribution in [0.5, 0.6) is 0 Å². The predicted octanol–water partition coefficient (Wildman–Crippen LogP) is 3.39. The van der Waals surface area contributed by atoms with Crippen molar-refractivity contribution in [1.82, 2.24) is 9.76 Å². The maximum atomic E-state index is 12.2. The maximum Gasteiger partial charge on any atom is 0.343 e. The third kappa shape index (κ3) is 5.99. The van der Waals surface area contributed by atoms with Crippen molar-refractivity contribution < 1.29 is 9.09 Å². The number of alkyl halides is 2. The van der Waals surface area contributed by atoms with Crippen LogP contribution in [0.15, 0.2) is 30.3 Å². The topological polar surface area (TPSA) is 67.6 Å². The van der Waals surface area contributed by atoms with Crippen molar-refractivity contribution in [2.45, 2.75) is 24.8 Å². The molecule has 1 aromatic carbocycles. The van der Waals surface area contributed by atoms with E-state index in [1.807, 2.05) is 6.07 Å². The standard InChI is InChI=1S/C9H11N.C7H15Cl2N2O2P/c10-9-6-8(9)7-4-2-1-3-5-7;8-2-5-11(6-3-9)14(12)10-4-1-7-13-14/h1-5,8-9H,6,10H2;1-7H2,(H,10,12)/t8-,9+;/m0./s1. The summed E-state index contributed by atoms with van der Waals surface area (Å²) in [5.41, 5.74) is 7.10. The molecule has 1 saturated heterocycles. The van der Waals surface area contributed by atoms with E-state index < -0.39 is 7.67 Å². The number of hydrogen-bond acceptors (Lipinski definition) is 3. The van der Waals surface area contributed by atoms with Crippen LogP contribution in [0.3, 0.4) is 0 Å². The molecule has 5 nitrogen and oxygen atoms in total. The van der Waals surface area contributed by atoms with Crippen LogP contribution >= 0.6 is 30.9 Å². The van der Waals surface area contributed by atoms with Gasteiger partial charge >= 0.3 is 7.67 Å². The molecule has 2 aliphatic rings. The minimum Gasteiger partial charge on any atom is -0.327 e. The number of hydrogen-bond donors (Lipinski definition) is 2. The lowest BCUT2D eigenvalue weighted by Crippen LogP contribution is -2.35. The molecule has 0 bridgehead atoms. The number of nitrogens with zero attached hydrogens (tertiary/aromatic N) is 1. The van der Waals surface area contributed by atoms with Gasteiger partial charge in [0.05, 0.1) is 6.61 Å². The number of rotatable bonds is 6. The molecular formula is C16H26Cl2N3O2P. The van der Waals surface area contributed by atoms with Crippen molar-refractivity contribution in [3.8, 4) is 0 Å². The van der Waals surface area contributed by atoms with Gasteiger partial charge in [-0.05, 0) is 18.4 Å². The third-order valence-corrected chi connectivity index (χ3v) is 6.66. The van der Waals surface area contributed by atoms with E-state index in [1.165, 1.54) is 12.0 Å². The highest BCUT2D eigenvalue weighted by molar-refractivity contribution is 7.54. The number of benzene rings is 1. The first-order valence-corrected chi connectivity index (χ1v) is 10.9. The molecule has 3 rings (SSSR count). The van der Waals surface area contributed by atoms with E-state index in [0.29, 0.717) is 43.4 Å². The highest BCUT2D eigenvalue weighted by Crippen LogP contribution is 2.48. The van der Waals surface area contributed by atoms with Crippen LogP contribution in [-0.4, -0.2) is 48.7 Å². The summed E-state index contributed by atoms with van der Waals surface area (Å²) in [4.78, 5) is 0. The Hall–Kier alpha value is -0.130. The van der Waals surface area contributed by atoms with Gasteiger partial charge in [-0.3, -0.25) is 4.57 Å². The minimum atomic E-state index is -2.84. The highest BCUT2D eigenvalue weighted by atomic mass is 35.5. The van der Waals surface area contributed by atoms with Gasteiger partial charge in [0.25, 0.3) is 0 Å². The Morgan fingerprint density at radius 3 is 2.33 bits per heavy atom. The minimum absolute atomic E-state index is 0.423. The Balaban J connectivity index is 0.000000182. The highest BCUT2D eigenvalue weighted by Gasteiger charge is 2.34. The van der Waals surface area contributed by atoms with Gasteiger partial charge in [-0.1, -0.05) is 30.3 Å². The van der Waals surface area contributed by atoms with Crippen molar-refractivity contribution in [3.05, 3.63) is 35.9 Å². The molecule has 8 heteroatoms. The SMILES string of the molecule is N[C@@H]1C[C@H]1c1ccccc1.O=P1(N(CCCl)CCCl)NCCCO1. The van der Waals surface area contributed by atoms with Gasteiger partial charge in [0.1, 0.15) is 0 Å². The quantitative estimate of drug-likeness (QED) is 0.572. The van der Waals surface area contributed by atoms with Gasteiger partial charge < -0.3 is 10.3 Å². The fourth-order valence-electron chi connectivity index (χ4n) is 2.58. The second-order valence-corrected chi connectivity index (χ2v) is 8.80. The molecule has 1 saturated carbocycles. The third-order valence-electron chi connectivity index (χ3n) is 4.02. The fraction of sp³-hybridized carbons (Fsp3) is 0.625. The van der Waals surface area contributed by atoms with Crippen molar-refractivity contribution in [2.75, 3.05) is 38.0 Å². The maximum absolute atomic E-state index is 12.2. The molecule has 0 aromatic heterocycles. The smallest absolute Gasteiger partial charge is 0.327 e. The summed E-state index contributed by atoms with van der Waals surface area (Å²) in [6.45, 7) is 2.31. The van der Waals surface area contributed by atoms with Crippen molar-refractivity contribution in [3.63, 3.8) is 0 Å². The van der Waals surface area contributed by atoms with Crippen molar-refractivity contribution in [1.29, 1.82) is 0 Å². The van der Waals surface area contributed by atoms with E-state index in [-0.39, 0.29) is 0 Å². The molecule has 1 unspecified atom stereocenters. The zero-order chi connectivity index (χ0) is 17.4. The van der Waals surface area contributed by atoms with Crippen LogP contribution in [0, 0.1) is 0 Å².